The predicted octanol–water partition coefficient (Wildman–Crippen LogP) is 3.99. The molecule has 0 radical (unpaired) electrons. The van der Waals surface area contributed by atoms with E-state index >= 15 is 4.48 Å². The van der Waals surface area contributed by atoms with Crippen LogP contribution >= 0.6 is 0 Å². The second kappa shape index (κ2) is 9.79. The summed E-state index contributed by atoms with van der Waals surface area (Å²) in [5, 5.41) is 6.14. The molecule has 1 fully saturated rings. The van der Waals surface area contributed by atoms with Crippen LogP contribution in [0.15, 0.2) is 42.5 Å². The smallest absolute Gasteiger partial charge is 0.317 e. The Kier molecular flexibility index (Phi) is 6.81. The van der Waals surface area contributed by atoms with Crippen molar-refractivity contribution in [2.75, 3.05) is 24.8 Å². The number of amides is 3. The number of para-hydroxylation sites is 1. The monoisotopic (exact) mass is 470 g/mol. The summed E-state index contributed by atoms with van der Waals surface area (Å²) in [4.78, 5) is 39.0. The Morgan fingerprint density at radius 2 is 1.82 bits per heavy atom. The number of piperidine rings is 1. The van der Waals surface area contributed by atoms with Crippen molar-refractivity contribution in [3.63, 3.8) is 0 Å². The summed E-state index contributed by atoms with van der Waals surface area (Å²) in [6, 6.07) is 10.5. The molecule has 0 bridgehead atoms. The van der Waals surface area contributed by atoms with E-state index in [1.165, 1.54) is 18.2 Å². The summed E-state index contributed by atoms with van der Waals surface area (Å²) >= 11 is 0. The Hall–Kier alpha value is -3.49. The summed E-state index contributed by atoms with van der Waals surface area (Å²) in [5.74, 6) is -1.20. The maximum absolute atomic E-state index is 15.3. The van der Waals surface area contributed by atoms with Crippen LogP contribution in [-0.4, -0.2) is 47.8 Å². The fourth-order valence-electron chi connectivity index (χ4n) is 4.58. The quantitative estimate of drug-likeness (QED) is 0.648. The molecule has 2 heterocycles. The van der Waals surface area contributed by atoms with Crippen LogP contribution in [0.1, 0.15) is 58.9 Å². The Morgan fingerprint density at radius 3 is 2.56 bits per heavy atom. The lowest BCUT2D eigenvalue weighted by atomic mass is 9.78. The molecule has 2 N–H and O–H groups in total. The fraction of sp³-hybridized carbons (Fsp3) is 0.400. The van der Waals surface area contributed by atoms with Gasteiger partial charge in [-0.2, -0.15) is 0 Å². The molecule has 0 saturated carbocycles. The van der Waals surface area contributed by atoms with Gasteiger partial charge in [-0.3, -0.25) is 9.59 Å². The first-order valence-corrected chi connectivity index (χ1v) is 11.5. The predicted molar refractivity (Wildman–Crippen MR) is 124 cm³/mol. The molecule has 4 rings (SSSR count). The van der Waals surface area contributed by atoms with Crippen molar-refractivity contribution in [1.29, 1.82) is 0 Å². The first kappa shape index (κ1) is 23.7. The molecule has 2 aromatic rings. The lowest BCUT2D eigenvalue weighted by Gasteiger charge is -2.47. The van der Waals surface area contributed by atoms with E-state index in [4.69, 9.17) is 0 Å². The highest BCUT2D eigenvalue weighted by atomic mass is 19.2. The summed E-state index contributed by atoms with van der Waals surface area (Å²) < 4.78 is 29.3. The number of nitrogens with zero attached hydrogens (tertiary/aromatic N) is 2. The minimum Gasteiger partial charge on any atom is -0.352 e. The number of hydrogen-bond acceptors (Lipinski definition) is 4. The standard InChI is InChI=1S/C25H28F2N4O3/c1-2-11-28-23(33)19-14-17(7-8-20(19)26)16-29-24(34)30-12-9-25(10-13-30)15-22(32)18-5-3-4-6-21(18)31(25)27/h3-8,14H,2,9-13,15-16H2,1H3,(H,28,33)(H,29,34). The minimum absolute atomic E-state index is 0.0644. The molecule has 0 atom stereocenters. The summed E-state index contributed by atoms with van der Waals surface area (Å²) in [5.41, 5.74) is 0.254. The average molecular weight is 471 g/mol. The van der Waals surface area contributed by atoms with Gasteiger partial charge in [-0.15, -0.1) is 0 Å². The lowest BCUT2D eigenvalue weighted by Crippen LogP contribution is -2.57. The van der Waals surface area contributed by atoms with Gasteiger partial charge in [0.1, 0.15) is 5.82 Å². The molecule has 2 aliphatic heterocycles. The molecule has 0 aromatic heterocycles. The number of Topliss-reactive ketones (excluding diaryl/α,β-unsaturated/α-hetero) is 1. The largest absolute Gasteiger partial charge is 0.352 e. The Bertz CT molecular complexity index is 1100. The normalized spacial score (nSPS) is 16.9. The number of hydrogen-bond donors (Lipinski definition) is 2. The molecule has 7 nitrogen and oxygen atoms in total. The number of urea groups is 1. The second-order valence-corrected chi connectivity index (χ2v) is 8.84. The number of likely N-dealkylation sites (tertiary alicyclic amines) is 1. The molecule has 3 amide bonds. The van der Waals surface area contributed by atoms with E-state index in [0.29, 0.717) is 48.7 Å². The Labute approximate surface area is 197 Å². The fourth-order valence-corrected chi connectivity index (χ4v) is 4.58. The van der Waals surface area contributed by atoms with E-state index in [0.717, 1.165) is 6.42 Å². The van der Waals surface area contributed by atoms with Gasteiger partial charge in [-0.05, 0) is 49.1 Å². The van der Waals surface area contributed by atoms with Crippen molar-refractivity contribution < 1.29 is 23.3 Å². The third kappa shape index (κ3) is 4.60. The molecule has 1 saturated heterocycles. The third-order valence-electron chi connectivity index (χ3n) is 6.56. The maximum Gasteiger partial charge on any atom is 0.317 e. The molecule has 0 unspecified atom stereocenters. The molecule has 2 aliphatic rings. The maximum atomic E-state index is 15.3. The number of nitrogens with one attached hydrogen (secondary N) is 2. The summed E-state index contributed by atoms with van der Waals surface area (Å²) in [6.45, 7) is 3.08. The zero-order valence-corrected chi connectivity index (χ0v) is 19.1. The summed E-state index contributed by atoms with van der Waals surface area (Å²) in [6.07, 6.45) is 1.47. The molecule has 180 valence electrons. The zero-order chi connectivity index (χ0) is 24.3. The van der Waals surface area contributed by atoms with Gasteiger partial charge in [0.25, 0.3) is 5.91 Å². The van der Waals surface area contributed by atoms with Crippen LogP contribution in [0.5, 0.6) is 0 Å². The highest BCUT2D eigenvalue weighted by molar-refractivity contribution is 6.04. The van der Waals surface area contributed by atoms with Crippen LogP contribution in [0.2, 0.25) is 0 Å². The van der Waals surface area contributed by atoms with E-state index in [-0.39, 0.29) is 36.0 Å². The van der Waals surface area contributed by atoms with Gasteiger partial charge in [-0.25, -0.2) is 14.3 Å². The number of carbonyl (C=O) groups excluding carboxylic acids is 3. The topological polar surface area (TPSA) is 81.8 Å². The zero-order valence-electron chi connectivity index (χ0n) is 19.1. The Morgan fingerprint density at radius 1 is 1.09 bits per heavy atom. The second-order valence-electron chi connectivity index (χ2n) is 8.84. The van der Waals surface area contributed by atoms with Gasteiger partial charge in [-0.1, -0.05) is 29.6 Å². The van der Waals surface area contributed by atoms with Crippen LogP contribution in [0.4, 0.5) is 19.4 Å². The molecule has 2 aromatic carbocycles. The number of carbonyl (C=O) groups is 3. The van der Waals surface area contributed by atoms with Crippen molar-refractivity contribution in [2.45, 2.75) is 44.7 Å². The summed E-state index contributed by atoms with van der Waals surface area (Å²) in [7, 11) is 0. The van der Waals surface area contributed by atoms with Gasteiger partial charge >= 0.3 is 6.03 Å². The average Bonchev–Trinajstić information content (AvgIpc) is 2.85. The first-order valence-electron chi connectivity index (χ1n) is 11.5. The minimum atomic E-state index is -0.945. The van der Waals surface area contributed by atoms with Crippen molar-refractivity contribution in [1.82, 2.24) is 15.5 Å². The number of halogens is 2. The SMILES string of the molecule is CCCNC(=O)c1cc(CNC(=O)N2CCC3(CC2)CC(=O)c2ccccc2N3F)ccc1F. The van der Waals surface area contributed by atoms with E-state index in [1.807, 2.05) is 6.92 Å². The van der Waals surface area contributed by atoms with Crippen LogP contribution in [-0.2, 0) is 6.54 Å². The van der Waals surface area contributed by atoms with Crippen LogP contribution in [0.25, 0.3) is 0 Å². The molecular weight excluding hydrogens is 442 g/mol. The number of fused-ring (bicyclic) bond motifs is 1. The molecule has 0 aliphatic carbocycles. The van der Waals surface area contributed by atoms with Gasteiger partial charge < -0.3 is 15.5 Å². The van der Waals surface area contributed by atoms with E-state index in [9.17, 15) is 18.8 Å². The van der Waals surface area contributed by atoms with Gasteiger partial charge in [0, 0.05) is 38.2 Å². The highest BCUT2D eigenvalue weighted by Gasteiger charge is 2.47. The molecule has 9 heteroatoms. The van der Waals surface area contributed by atoms with Crippen molar-refractivity contribution >= 4 is 23.4 Å². The number of ketones is 1. The van der Waals surface area contributed by atoms with Crippen LogP contribution in [0.3, 0.4) is 0 Å². The molecular formula is C25H28F2N4O3. The van der Waals surface area contributed by atoms with E-state index in [2.05, 4.69) is 10.6 Å². The van der Waals surface area contributed by atoms with E-state index < -0.39 is 17.3 Å². The third-order valence-corrected chi connectivity index (χ3v) is 6.56. The van der Waals surface area contributed by atoms with Crippen molar-refractivity contribution in [2.24, 2.45) is 0 Å². The van der Waals surface area contributed by atoms with Gasteiger partial charge in [0.05, 0.1) is 16.8 Å². The van der Waals surface area contributed by atoms with E-state index in [1.54, 1.807) is 29.2 Å². The van der Waals surface area contributed by atoms with Gasteiger partial charge in [0.2, 0.25) is 0 Å². The number of anilines is 1. The van der Waals surface area contributed by atoms with Crippen LogP contribution in [0, 0.1) is 5.82 Å². The number of benzene rings is 2. The van der Waals surface area contributed by atoms with Gasteiger partial charge in [0.15, 0.2) is 5.78 Å². The Balaban J connectivity index is 1.35. The lowest BCUT2D eigenvalue weighted by molar-refractivity contribution is 0.0805. The number of rotatable bonds is 5. The highest BCUT2D eigenvalue weighted by Crippen LogP contribution is 2.43. The molecule has 1 spiro atoms. The van der Waals surface area contributed by atoms with Crippen molar-refractivity contribution in [3.05, 3.63) is 65.0 Å². The first-order chi connectivity index (χ1) is 16.3. The van der Waals surface area contributed by atoms with Crippen LogP contribution < -0.4 is 15.8 Å². The molecule has 34 heavy (non-hydrogen) atoms. The van der Waals surface area contributed by atoms with Crippen molar-refractivity contribution in [3.8, 4) is 0 Å².